The second-order valence-electron chi connectivity index (χ2n) is 6.17. The number of amides is 2. The van der Waals surface area contributed by atoms with Crippen LogP contribution in [0.5, 0.6) is 0 Å². The maximum absolute atomic E-state index is 12.1. The van der Waals surface area contributed by atoms with Crippen molar-refractivity contribution in [1.29, 1.82) is 0 Å². The van der Waals surface area contributed by atoms with Crippen molar-refractivity contribution >= 4 is 23.4 Å². The Morgan fingerprint density at radius 3 is 2.43 bits per heavy atom. The fourth-order valence-electron chi connectivity index (χ4n) is 3.10. The van der Waals surface area contributed by atoms with Gasteiger partial charge in [0.15, 0.2) is 0 Å². The van der Waals surface area contributed by atoms with Crippen LogP contribution in [0.25, 0.3) is 0 Å². The average Bonchev–Trinajstić information content (AvgIpc) is 2.55. The van der Waals surface area contributed by atoms with Gasteiger partial charge in [-0.3, -0.25) is 9.59 Å². The van der Waals surface area contributed by atoms with E-state index in [-0.39, 0.29) is 24.4 Å². The molecule has 0 aliphatic heterocycles. The van der Waals surface area contributed by atoms with Gasteiger partial charge in [-0.15, -0.1) is 0 Å². The summed E-state index contributed by atoms with van der Waals surface area (Å²) in [4.78, 5) is 25.7. The van der Waals surface area contributed by atoms with Crippen molar-refractivity contribution < 1.29 is 9.59 Å². The predicted molar refractivity (Wildman–Crippen MR) is 92.4 cm³/mol. The molecule has 1 aliphatic rings. The molecule has 5 heteroatoms. The van der Waals surface area contributed by atoms with E-state index in [0.717, 1.165) is 37.7 Å². The maximum Gasteiger partial charge on any atom is 0.239 e. The largest absolute Gasteiger partial charge is 0.354 e. The van der Waals surface area contributed by atoms with E-state index >= 15 is 0 Å². The van der Waals surface area contributed by atoms with Crippen LogP contribution in [-0.2, 0) is 16.0 Å². The van der Waals surface area contributed by atoms with E-state index in [0.29, 0.717) is 11.6 Å². The summed E-state index contributed by atoms with van der Waals surface area (Å²) >= 11 is 5.85. The highest BCUT2D eigenvalue weighted by atomic mass is 35.5. The summed E-state index contributed by atoms with van der Waals surface area (Å²) in [5.41, 5.74) is 1.13. The topological polar surface area (TPSA) is 49.4 Å². The third-order valence-electron chi connectivity index (χ3n) is 4.38. The predicted octanol–water partition coefficient (Wildman–Crippen LogP) is 3.18. The van der Waals surface area contributed by atoms with Crippen LogP contribution in [0.1, 0.15) is 44.6 Å². The Labute approximate surface area is 143 Å². The molecule has 4 nitrogen and oxygen atoms in total. The molecule has 0 heterocycles. The summed E-state index contributed by atoms with van der Waals surface area (Å²) in [6, 6.07) is 7.83. The van der Waals surface area contributed by atoms with Crippen LogP contribution in [0.2, 0.25) is 5.02 Å². The van der Waals surface area contributed by atoms with Crippen molar-refractivity contribution in [2.45, 2.75) is 51.5 Å². The minimum Gasteiger partial charge on any atom is -0.354 e. The van der Waals surface area contributed by atoms with Gasteiger partial charge in [0.25, 0.3) is 0 Å². The van der Waals surface area contributed by atoms with E-state index in [1.54, 1.807) is 11.8 Å². The first kappa shape index (κ1) is 17.8. The van der Waals surface area contributed by atoms with Gasteiger partial charge in [-0.25, -0.2) is 0 Å². The lowest BCUT2D eigenvalue weighted by Crippen LogP contribution is -2.46. The van der Waals surface area contributed by atoms with E-state index in [4.69, 9.17) is 11.6 Å². The fourth-order valence-corrected chi connectivity index (χ4v) is 3.22. The van der Waals surface area contributed by atoms with Crippen molar-refractivity contribution in [3.8, 4) is 0 Å². The number of nitrogens with zero attached hydrogens (tertiary/aromatic N) is 1. The molecule has 2 rings (SSSR count). The number of rotatable bonds is 6. The van der Waals surface area contributed by atoms with E-state index < -0.39 is 0 Å². The van der Waals surface area contributed by atoms with Gasteiger partial charge in [0, 0.05) is 24.5 Å². The maximum atomic E-state index is 12.1. The Hall–Kier alpha value is -1.55. The van der Waals surface area contributed by atoms with Gasteiger partial charge in [0.1, 0.15) is 0 Å². The first-order valence-electron chi connectivity index (χ1n) is 8.34. The van der Waals surface area contributed by atoms with Crippen molar-refractivity contribution in [3.63, 3.8) is 0 Å². The summed E-state index contributed by atoms with van der Waals surface area (Å²) in [6.45, 7) is 2.28. The number of benzene rings is 1. The molecule has 0 spiro atoms. The smallest absolute Gasteiger partial charge is 0.239 e. The molecule has 0 atom stereocenters. The van der Waals surface area contributed by atoms with E-state index in [9.17, 15) is 9.59 Å². The van der Waals surface area contributed by atoms with Crippen LogP contribution in [0, 0.1) is 0 Å². The first-order valence-corrected chi connectivity index (χ1v) is 8.72. The van der Waals surface area contributed by atoms with Crippen molar-refractivity contribution in [2.75, 3.05) is 13.1 Å². The van der Waals surface area contributed by atoms with Crippen molar-refractivity contribution in [3.05, 3.63) is 34.9 Å². The molecule has 0 radical (unpaired) electrons. The molecule has 1 aromatic rings. The molecule has 1 aromatic carbocycles. The Bertz CT molecular complexity index is 524. The second-order valence-corrected chi connectivity index (χ2v) is 6.60. The minimum atomic E-state index is -0.0836. The standard InChI is InChI=1S/C18H25ClN2O2/c1-14(22)21(17-5-3-2-4-6-17)13-18(23)20-12-11-15-7-9-16(19)10-8-15/h7-10,17H,2-6,11-13H2,1H3,(H,20,23). The molecule has 126 valence electrons. The molecule has 1 N–H and O–H groups in total. The van der Waals surface area contributed by atoms with Gasteiger partial charge < -0.3 is 10.2 Å². The van der Waals surface area contributed by atoms with Gasteiger partial charge in [-0.05, 0) is 37.0 Å². The lowest BCUT2D eigenvalue weighted by atomic mass is 9.94. The van der Waals surface area contributed by atoms with Gasteiger partial charge in [-0.1, -0.05) is 43.0 Å². The van der Waals surface area contributed by atoms with Crippen LogP contribution in [0.15, 0.2) is 24.3 Å². The Kier molecular flexibility index (Phi) is 6.90. The molecule has 0 unspecified atom stereocenters. The van der Waals surface area contributed by atoms with Gasteiger partial charge in [0.05, 0.1) is 6.54 Å². The Morgan fingerprint density at radius 2 is 1.83 bits per heavy atom. The number of nitrogens with one attached hydrogen (secondary N) is 1. The molecule has 1 saturated carbocycles. The van der Waals surface area contributed by atoms with Gasteiger partial charge in [0.2, 0.25) is 11.8 Å². The first-order chi connectivity index (χ1) is 11.1. The third kappa shape index (κ3) is 5.87. The summed E-state index contributed by atoms with van der Waals surface area (Å²) in [7, 11) is 0. The minimum absolute atomic E-state index is 0.00949. The van der Waals surface area contributed by atoms with Crippen LogP contribution in [-0.4, -0.2) is 35.8 Å². The SMILES string of the molecule is CC(=O)N(CC(=O)NCCc1ccc(Cl)cc1)C1CCCCC1. The quantitative estimate of drug-likeness (QED) is 0.867. The van der Waals surface area contributed by atoms with Crippen LogP contribution >= 0.6 is 11.6 Å². The average molecular weight is 337 g/mol. The Morgan fingerprint density at radius 1 is 1.17 bits per heavy atom. The molecule has 0 aromatic heterocycles. The normalized spacial score (nSPS) is 15.2. The number of hydrogen-bond acceptors (Lipinski definition) is 2. The Balaban J connectivity index is 1.77. The molecule has 0 saturated heterocycles. The third-order valence-corrected chi connectivity index (χ3v) is 4.63. The van der Waals surface area contributed by atoms with Gasteiger partial charge >= 0.3 is 0 Å². The van der Waals surface area contributed by atoms with Crippen molar-refractivity contribution in [1.82, 2.24) is 10.2 Å². The van der Waals surface area contributed by atoms with Crippen LogP contribution < -0.4 is 5.32 Å². The molecule has 1 aliphatic carbocycles. The highest BCUT2D eigenvalue weighted by Gasteiger charge is 2.24. The molecule has 2 amide bonds. The molecular formula is C18H25ClN2O2. The number of carbonyl (C=O) groups is 2. The lowest BCUT2D eigenvalue weighted by molar-refractivity contribution is -0.137. The zero-order chi connectivity index (χ0) is 16.7. The van der Waals surface area contributed by atoms with Crippen LogP contribution in [0.3, 0.4) is 0 Å². The lowest BCUT2D eigenvalue weighted by Gasteiger charge is -2.33. The van der Waals surface area contributed by atoms with Crippen LogP contribution in [0.4, 0.5) is 0 Å². The van der Waals surface area contributed by atoms with E-state index in [1.165, 1.54) is 6.42 Å². The van der Waals surface area contributed by atoms with Crippen molar-refractivity contribution in [2.24, 2.45) is 0 Å². The highest BCUT2D eigenvalue weighted by molar-refractivity contribution is 6.30. The number of hydrogen-bond donors (Lipinski definition) is 1. The second kappa shape index (κ2) is 8.92. The zero-order valence-electron chi connectivity index (χ0n) is 13.7. The fraction of sp³-hybridized carbons (Fsp3) is 0.556. The molecular weight excluding hydrogens is 312 g/mol. The number of carbonyl (C=O) groups excluding carboxylic acids is 2. The monoisotopic (exact) mass is 336 g/mol. The van der Waals surface area contributed by atoms with E-state index in [2.05, 4.69) is 5.32 Å². The van der Waals surface area contributed by atoms with E-state index in [1.807, 2.05) is 24.3 Å². The summed E-state index contributed by atoms with van der Waals surface area (Å²) < 4.78 is 0. The zero-order valence-corrected chi connectivity index (χ0v) is 14.4. The molecule has 0 bridgehead atoms. The molecule has 1 fully saturated rings. The highest BCUT2D eigenvalue weighted by Crippen LogP contribution is 2.22. The summed E-state index contributed by atoms with van der Waals surface area (Å²) in [5, 5.41) is 3.61. The van der Waals surface area contributed by atoms with Gasteiger partial charge in [-0.2, -0.15) is 0 Å². The molecule has 23 heavy (non-hydrogen) atoms. The summed E-state index contributed by atoms with van der Waals surface area (Å²) in [6.07, 6.45) is 6.30. The number of halogens is 1. The summed E-state index contributed by atoms with van der Waals surface area (Å²) in [5.74, 6) is -0.0931.